The van der Waals surface area contributed by atoms with Crippen LogP contribution in [0.5, 0.6) is 11.5 Å². The maximum atomic E-state index is 12.1. The minimum atomic E-state index is -0.588. The predicted octanol–water partition coefficient (Wildman–Crippen LogP) is 4.95. The second kappa shape index (κ2) is 8.57. The van der Waals surface area contributed by atoms with E-state index in [1.54, 1.807) is 30.5 Å². The number of benzene rings is 2. The van der Waals surface area contributed by atoms with Gasteiger partial charge in [-0.2, -0.15) is 5.10 Å². The van der Waals surface area contributed by atoms with Crippen molar-refractivity contribution in [2.24, 2.45) is 5.10 Å². The van der Waals surface area contributed by atoms with Gasteiger partial charge < -0.3 is 13.9 Å². The maximum Gasteiger partial charge on any atom is 0.379 e. The number of carbonyl (C=O) groups excluding carboxylic acids is 1. The van der Waals surface area contributed by atoms with E-state index in [0.717, 1.165) is 15.8 Å². The molecule has 4 aromatic rings. The van der Waals surface area contributed by atoms with Gasteiger partial charge in [0.25, 0.3) is 0 Å². The van der Waals surface area contributed by atoms with Gasteiger partial charge in [0, 0.05) is 0 Å². The number of anilines is 1. The predicted molar refractivity (Wildman–Crippen MR) is 112 cm³/mol. The Kier molecular flexibility index (Phi) is 5.53. The molecule has 0 saturated heterocycles. The molecule has 146 valence electrons. The number of nitrogens with one attached hydrogen (secondary N) is 1. The molecular formula is C21H17N3O4S. The number of esters is 1. The van der Waals surface area contributed by atoms with Gasteiger partial charge in [0.15, 0.2) is 11.5 Å². The normalized spacial score (nSPS) is 11.1. The van der Waals surface area contributed by atoms with Gasteiger partial charge in [-0.15, -0.1) is 0 Å². The van der Waals surface area contributed by atoms with E-state index in [0.29, 0.717) is 23.2 Å². The largest absolute Gasteiger partial charge is 0.490 e. The Morgan fingerprint density at radius 3 is 2.90 bits per heavy atom. The average Bonchev–Trinajstić information content (AvgIpc) is 3.39. The van der Waals surface area contributed by atoms with Crippen LogP contribution in [0.25, 0.3) is 10.2 Å². The first-order valence-corrected chi connectivity index (χ1v) is 9.72. The van der Waals surface area contributed by atoms with Crippen molar-refractivity contribution >= 4 is 38.9 Å². The Hall–Kier alpha value is -3.65. The smallest absolute Gasteiger partial charge is 0.379 e. The summed E-state index contributed by atoms with van der Waals surface area (Å²) in [4.78, 5) is 16.6. The molecule has 0 spiro atoms. The molecule has 0 saturated carbocycles. The van der Waals surface area contributed by atoms with Crippen molar-refractivity contribution in [1.29, 1.82) is 0 Å². The highest BCUT2D eigenvalue weighted by atomic mass is 32.1. The molecule has 0 aliphatic rings. The third-order valence-corrected chi connectivity index (χ3v) is 4.80. The Bertz CT molecular complexity index is 1120. The van der Waals surface area contributed by atoms with Crippen LogP contribution in [0, 0.1) is 0 Å². The quantitative estimate of drug-likeness (QED) is 0.202. The van der Waals surface area contributed by atoms with Crippen LogP contribution in [0.2, 0.25) is 0 Å². The van der Waals surface area contributed by atoms with Crippen molar-refractivity contribution in [1.82, 2.24) is 4.98 Å². The molecule has 0 amide bonds. The van der Waals surface area contributed by atoms with E-state index in [1.165, 1.54) is 23.7 Å². The summed E-state index contributed by atoms with van der Waals surface area (Å²) in [6.07, 6.45) is 3.06. The Balaban J connectivity index is 1.47. The number of para-hydroxylation sites is 1. The summed E-state index contributed by atoms with van der Waals surface area (Å²) < 4.78 is 17.1. The van der Waals surface area contributed by atoms with Crippen LogP contribution in [0.4, 0.5) is 5.13 Å². The first-order chi connectivity index (χ1) is 14.2. The summed E-state index contributed by atoms with van der Waals surface area (Å²) in [6.45, 7) is 2.28. The van der Waals surface area contributed by atoms with Gasteiger partial charge in [-0.25, -0.2) is 9.78 Å². The Morgan fingerprint density at radius 1 is 1.21 bits per heavy atom. The van der Waals surface area contributed by atoms with E-state index in [4.69, 9.17) is 13.9 Å². The number of furan rings is 1. The van der Waals surface area contributed by atoms with Crippen LogP contribution in [0.15, 0.2) is 70.4 Å². The molecule has 0 radical (unpaired) electrons. The lowest BCUT2D eigenvalue weighted by molar-refractivity contribution is 0.0695. The molecule has 0 aliphatic heterocycles. The molecule has 7 nitrogen and oxygen atoms in total. The monoisotopic (exact) mass is 407 g/mol. The number of rotatable bonds is 7. The SMILES string of the molecule is CCOc1cc(/C=N\Nc2nc3ccccc3s2)ccc1OC(=O)c1ccco1. The van der Waals surface area contributed by atoms with E-state index in [9.17, 15) is 4.79 Å². The lowest BCUT2D eigenvalue weighted by Gasteiger charge is -2.10. The van der Waals surface area contributed by atoms with Gasteiger partial charge in [0.2, 0.25) is 10.9 Å². The van der Waals surface area contributed by atoms with E-state index in [-0.39, 0.29) is 5.76 Å². The minimum Gasteiger partial charge on any atom is -0.490 e. The van der Waals surface area contributed by atoms with Crippen LogP contribution in [0.3, 0.4) is 0 Å². The fraction of sp³-hybridized carbons (Fsp3) is 0.0952. The molecule has 0 atom stereocenters. The van der Waals surface area contributed by atoms with Gasteiger partial charge in [0.1, 0.15) is 0 Å². The number of carbonyl (C=O) groups is 1. The van der Waals surface area contributed by atoms with Gasteiger partial charge in [-0.1, -0.05) is 23.5 Å². The van der Waals surface area contributed by atoms with E-state index >= 15 is 0 Å². The zero-order valence-corrected chi connectivity index (χ0v) is 16.3. The fourth-order valence-electron chi connectivity index (χ4n) is 2.58. The summed E-state index contributed by atoms with van der Waals surface area (Å²) in [7, 11) is 0. The van der Waals surface area contributed by atoms with Crippen LogP contribution < -0.4 is 14.9 Å². The van der Waals surface area contributed by atoms with Crippen molar-refractivity contribution in [3.05, 3.63) is 72.2 Å². The zero-order chi connectivity index (χ0) is 20.1. The van der Waals surface area contributed by atoms with Crippen molar-refractivity contribution in [3.63, 3.8) is 0 Å². The lowest BCUT2D eigenvalue weighted by atomic mass is 10.2. The number of hydrogen-bond acceptors (Lipinski definition) is 8. The minimum absolute atomic E-state index is 0.123. The Labute approximate surface area is 170 Å². The molecule has 2 aromatic heterocycles. The molecule has 0 fully saturated rings. The molecule has 2 aromatic carbocycles. The second-order valence-electron chi connectivity index (χ2n) is 5.86. The highest BCUT2D eigenvalue weighted by Crippen LogP contribution is 2.29. The number of aromatic nitrogens is 1. The molecule has 0 aliphatic carbocycles. The summed E-state index contributed by atoms with van der Waals surface area (Å²) in [5, 5.41) is 4.94. The van der Waals surface area contributed by atoms with Crippen LogP contribution >= 0.6 is 11.3 Å². The Morgan fingerprint density at radius 2 is 2.10 bits per heavy atom. The summed E-state index contributed by atoms with van der Waals surface area (Å²) in [5.41, 5.74) is 4.64. The summed E-state index contributed by atoms with van der Waals surface area (Å²) in [6, 6.07) is 16.2. The highest BCUT2D eigenvalue weighted by molar-refractivity contribution is 7.22. The second-order valence-corrected chi connectivity index (χ2v) is 6.89. The molecule has 4 rings (SSSR count). The number of hydrogen-bond donors (Lipinski definition) is 1. The molecule has 1 N–H and O–H groups in total. The average molecular weight is 407 g/mol. The van der Waals surface area contributed by atoms with Gasteiger partial charge in [-0.3, -0.25) is 5.43 Å². The molecule has 29 heavy (non-hydrogen) atoms. The number of nitrogens with zero attached hydrogens (tertiary/aromatic N) is 2. The zero-order valence-electron chi connectivity index (χ0n) is 15.5. The van der Waals surface area contributed by atoms with Gasteiger partial charge in [0.05, 0.1) is 29.3 Å². The summed E-state index contributed by atoms with van der Waals surface area (Å²) in [5.74, 6) is 0.286. The van der Waals surface area contributed by atoms with Crippen LogP contribution in [-0.2, 0) is 0 Å². The topological polar surface area (TPSA) is 86.0 Å². The summed E-state index contributed by atoms with van der Waals surface area (Å²) >= 11 is 1.52. The van der Waals surface area contributed by atoms with E-state index in [1.807, 2.05) is 31.2 Å². The standard InChI is InChI=1S/C21H17N3O4S/c1-2-26-18-12-14(9-10-16(18)28-20(25)17-7-5-11-27-17)13-22-24-21-23-15-6-3-4-8-19(15)29-21/h3-13H,2H2,1H3,(H,23,24)/b22-13-. The fourth-order valence-corrected chi connectivity index (χ4v) is 3.40. The first kappa shape index (κ1) is 18.7. The van der Waals surface area contributed by atoms with Crippen molar-refractivity contribution in [3.8, 4) is 11.5 Å². The van der Waals surface area contributed by atoms with Gasteiger partial charge in [-0.05, 0) is 55.0 Å². The number of ether oxygens (including phenoxy) is 2. The van der Waals surface area contributed by atoms with Crippen molar-refractivity contribution in [2.45, 2.75) is 6.92 Å². The molecule has 8 heteroatoms. The first-order valence-electron chi connectivity index (χ1n) is 8.90. The highest BCUT2D eigenvalue weighted by Gasteiger charge is 2.15. The van der Waals surface area contributed by atoms with E-state index in [2.05, 4.69) is 15.5 Å². The number of thiazole rings is 1. The van der Waals surface area contributed by atoms with Crippen molar-refractivity contribution < 1.29 is 18.7 Å². The third kappa shape index (κ3) is 4.44. The van der Waals surface area contributed by atoms with Crippen LogP contribution in [0.1, 0.15) is 23.0 Å². The van der Waals surface area contributed by atoms with E-state index < -0.39 is 5.97 Å². The molecule has 0 unspecified atom stereocenters. The molecule has 2 heterocycles. The third-order valence-electron chi connectivity index (χ3n) is 3.86. The van der Waals surface area contributed by atoms with Crippen LogP contribution in [-0.4, -0.2) is 23.8 Å². The van der Waals surface area contributed by atoms with Crippen molar-refractivity contribution in [2.75, 3.05) is 12.0 Å². The maximum absolute atomic E-state index is 12.1. The molecule has 0 bridgehead atoms. The number of fused-ring (bicyclic) bond motifs is 1. The lowest BCUT2D eigenvalue weighted by Crippen LogP contribution is -2.09. The molecular weight excluding hydrogens is 390 g/mol. The van der Waals surface area contributed by atoms with Gasteiger partial charge >= 0.3 is 5.97 Å². The number of hydrazone groups is 1.